The normalized spacial score (nSPS) is 15.1. The van der Waals surface area contributed by atoms with E-state index in [1.54, 1.807) is 15.3 Å². The molecule has 0 aliphatic carbocycles. The third-order valence-corrected chi connectivity index (χ3v) is 4.20. The predicted octanol–water partition coefficient (Wildman–Crippen LogP) is 0.974. The smallest absolute Gasteiger partial charge is 0.252 e. The van der Waals surface area contributed by atoms with E-state index >= 15 is 0 Å². The standard InChI is InChI=1S/C15H20N4O2/c1-10-8-12(20)19(9-13(21)18-6-4-5-7-18)15-14(10)11(2)16-17(15)3/h8H,4-7,9H2,1-3H3. The van der Waals surface area contributed by atoms with Gasteiger partial charge in [-0.25, -0.2) is 0 Å². The van der Waals surface area contributed by atoms with E-state index in [4.69, 9.17) is 0 Å². The van der Waals surface area contributed by atoms with Gasteiger partial charge in [-0.1, -0.05) is 0 Å². The molecule has 0 aromatic carbocycles. The zero-order valence-electron chi connectivity index (χ0n) is 12.7. The van der Waals surface area contributed by atoms with Crippen molar-refractivity contribution < 1.29 is 4.79 Å². The van der Waals surface area contributed by atoms with Crippen molar-refractivity contribution in [2.45, 2.75) is 33.2 Å². The van der Waals surface area contributed by atoms with Gasteiger partial charge in [0, 0.05) is 31.6 Å². The number of amides is 1. The van der Waals surface area contributed by atoms with E-state index in [1.807, 2.05) is 25.8 Å². The molecule has 1 amide bonds. The second kappa shape index (κ2) is 5.02. The highest BCUT2D eigenvalue weighted by Gasteiger charge is 2.21. The van der Waals surface area contributed by atoms with E-state index in [9.17, 15) is 9.59 Å². The number of aromatic nitrogens is 3. The van der Waals surface area contributed by atoms with E-state index in [-0.39, 0.29) is 18.0 Å². The molecule has 21 heavy (non-hydrogen) atoms. The number of likely N-dealkylation sites (tertiary alicyclic amines) is 1. The van der Waals surface area contributed by atoms with Crippen molar-refractivity contribution in [3.63, 3.8) is 0 Å². The molecule has 2 aromatic heterocycles. The second-order valence-corrected chi connectivity index (χ2v) is 5.75. The monoisotopic (exact) mass is 288 g/mol. The lowest BCUT2D eigenvalue weighted by atomic mass is 10.1. The van der Waals surface area contributed by atoms with Crippen molar-refractivity contribution in [2.75, 3.05) is 13.1 Å². The summed E-state index contributed by atoms with van der Waals surface area (Å²) in [6, 6.07) is 1.59. The molecule has 3 rings (SSSR count). The maximum atomic E-state index is 12.4. The molecule has 6 heteroatoms. The summed E-state index contributed by atoms with van der Waals surface area (Å²) in [5, 5.41) is 5.35. The fraction of sp³-hybridized carbons (Fsp3) is 0.533. The highest BCUT2D eigenvalue weighted by atomic mass is 16.2. The van der Waals surface area contributed by atoms with Gasteiger partial charge in [0.15, 0.2) is 0 Å². The average molecular weight is 288 g/mol. The lowest BCUT2D eigenvalue weighted by Gasteiger charge is -2.17. The van der Waals surface area contributed by atoms with Crippen LogP contribution in [0.15, 0.2) is 10.9 Å². The minimum Gasteiger partial charge on any atom is -0.341 e. The number of fused-ring (bicyclic) bond motifs is 1. The molecule has 112 valence electrons. The fourth-order valence-electron chi connectivity index (χ4n) is 3.21. The Balaban J connectivity index is 2.09. The van der Waals surface area contributed by atoms with Gasteiger partial charge in [-0.05, 0) is 32.3 Å². The van der Waals surface area contributed by atoms with E-state index in [0.717, 1.165) is 48.2 Å². The van der Waals surface area contributed by atoms with Crippen molar-refractivity contribution in [1.82, 2.24) is 19.2 Å². The Labute approximate surface area is 123 Å². The molecule has 0 N–H and O–H groups in total. The third kappa shape index (κ3) is 2.24. The van der Waals surface area contributed by atoms with Gasteiger partial charge in [-0.2, -0.15) is 5.10 Å². The third-order valence-electron chi connectivity index (χ3n) is 4.20. The summed E-state index contributed by atoms with van der Waals surface area (Å²) in [4.78, 5) is 26.5. The molecule has 0 unspecified atom stereocenters. The van der Waals surface area contributed by atoms with Crippen LogP contribution in [0.4, 0.5) is 0 Å². The summed E-state index contributed by atoms with van der Waals surface area (Å²) >= 11 is 0. The number of carbonyl (C=O) groups is 1. The zero-order chi connectivity index (χ0) is 15.1. The van der Waals surface area contributed by atoms with Crippen LogP contribution < -0.4 is 5.56 Å². The van der Waals surface area contributed by atoms with Crippen LogP contribution in [-0.2, 0) is 18.4 Å². The molecule has 6 nitrogen and oxygen atoms in total. The van der Waals surface area contributed by atoms with Crippen LogP contribution in [0, 0.1) is 13.8 Å². The number of nitrogens with zero attached hydrogens (tertiary/aromatic N) is 4. The molecule has 2 aromatic rings. The van der Waals surface area contributed by atoms with Crippen LogP contribution in [0.5, 0.6) is 0 Å². The second-order valence-electron chi connectivity index (χ2n) is 5.75. The number of rotatable bonds is 2. The molecule has 0 spiro atoms. The first-order valence-electron chi connectivity index (χ1n) is 7.30. The summed E-state index contributed by atoms with van der Waals surface area (Å²) in [7, 11) is 1.81. The van der Waals surface area contributed by atoms with Crippen LogP contribution in [0.1, 0.15) is 24.1 Å². The van der Waals surface area contributed by atoms with Gasteiger partial charge in [0.25, 0.3) is 5.56 Å². The first kappa shape index (κ1) is 13.9. The van der Waals surface area contributed by atoms with Crippen LogP contribution in [0.25, 0.3) is 11.0 Å². The molecular formula is C15H20N4O2. The Morgan fingerprint density at radius 3 is 2.62 bits per heavy atom. The van der Waals surface area contributed by atoms with Gasteiger partial charge >= 0.3 is 0 Å². The van der Waals surface area contributed by atoms with Gasteiger partial charge < -0.3 is 4.90 Å². The summed E-state index contributed by atoms with van der Waals surface area (Å²) in [6.07, 6.45) is 2.10. The highest BCUT2D eigenvalue weighted by Crippen LogP contribution is 2.20. The molecule has 0 atom stereocenters. The van der Waals surface area contributed by atoms with E-state index in [0.29, 0.717) is 0 Å². The average Bonchev–Trinajstić information content (AvgIpc) is 3.02. The van der Waals surface area contributed by atoms with Gasteiger partial charge in [0.05, 0.1) is 5.69 Å². The van der Waals surface area contributed by atoms with Crippen molar-refractivity contribution in [2.24, 2.45) is 7.05 Å². The van der Waals surface area contributed by atoms with Crippen LogP contribution >= 0.6 is 0 Å². The molecule has 3 heterocycles. The number of pyridine rings is 1. The highest BCUT2D eigenvalue weighted by molar-refractivity contribution is 5.84. The molecule has 1 aliphatic rings. The van der Waals surface area contributed by atoms with E-state index < -0.39 is 0 Å². The molecule has 1 aliphatic heterocycles. The van der Waals surface area contributed by atoms with Crippen LogP contribution in [0.3, 0.4) is 0 Å². The number of aryl methyl sites for hydroxylation is 3. The Morgan fingerprint density at radius 1 is 1.29 bits per heavy atom. The maximum Gasteiger partial charge on any atom is 0.252 e. The number of carbonyl (C=O) groups excluding carboxylic acids is 1. The summed E-state index contributed by atoms with van der Waals surface area (Å²) in [6.45, 7) is 5.52. The Hall–Kier alpha value is -2.11. The molecule has 0 bridgehead atoms. The lowest BCUT2D eigenvalue weighted by molar-refractivity contribution is -0.130. The zero-order valence-corrected chi connectivity index (χ0v) is 12.7. The first-order valence-corrected chi connectivity index (χ1v) is 7.30. The van der Waals surface area contributed by atoms with Crippen molar-refractivity contribution in [3.8, 4) is 0 Å². The minimum atomic E-state index is -0.143. The Morgan fingerprint density at radius 2 is 1.95 bits per heavy atom. The van der Waals surface area contributed by atoms with E-state index in [1.165, 1.54) is 0 Å². The van der Waals surface area contributed by atoms with Crippen molar-refractivity contribution >= 4 is 16.9 Å². The summed E-state index contributed by atoms with van der Waals surface area (Å²) in [5.74, 6) is 0.0126. The van der Waals surface area contributed by atoms with Crippen molar-refractivity contribution in [3.05, 3.63) is 27.7 Å². The molecule has 1 saturated heterocycles. The molecule has 0 saturated carbocycles. The molecule has 0 radical (unpaired) electrons. The molecule has 1 fully saturated rings. The fourth-order valence-corrected chi connectivity index (χ4v) is 3.21. The van der Waals surface area contributed by atoms with E-state index in [2.05, 4.69) is 5.10 Å². The van der Waals surface area contributed by atoms with Gasteiger partial charge in [0.1, 0.15) is 12.2 Å². The SMILES string of the molecule is Cc1cc(=O)n(CC(=O)N2CCCC2)c2c1c(C)nn2C. The molecular weight excluding hydrogens is 268 g/mol. The van der Waals surface area contributed by atoms with Crippen molar-refractivity contribution in [1.29, 1.82) is 0 Å². The largest absolute Gasteiger partial charge is 0.341 e. The van der Waals surface area contributed by atoms with Gasteiger partial charge in [-0.3, -0.25) is 18.8 Å². The first-order chi connectivity index (χ1) is 9.99. The summed E-state index contributed by atoms with van der Waals surface area (Å²) < 4.78 is 3.24. The van der Waals surface area contributed by atoms with Gasteiger partial charge in [0.2, 0.25) is 5.91 Å². The lowest BCUT2D eigenvalue weighted by Crippen LogP contribution is -2.35. The quantitative estimate of drug-likeness (QED) is 0.827. The Bertz CT molecular complexity index is 766. The maximum absolute atomic E-state index is 12.4. The Kier molecular flexibility index (Phi) is 3.31. The van der Waals surface area contributed by atoms with Gasteiger partial charge in [-0.15, -0.1) is 0 Å². The summed E-state index contributed by atoms with van der Waals surface area (Å²) in [5.41, 5.74) is 2.37. The number of hydrogen-bond acceptors (Lipinski definition) is 3. The van der Waals surface area contributed by atoms with Crippen LogP contribution in [-0.4, -0.2) is 38.2 Å². The van der Waals surface area contributed by atoms with Crippen LogP contribution in [0.2, 0.25) is 0 Å². The topological polar surface area (TPSA) is 60.1 Å². The predicted molar refractivity (Wildman–Crippen MR) is 80.3 cm³/mol. The minimum absolute atomic E-state index is 0.0126. The number of hydrogen-bond donors (Lipinski definition) is 0.